The van der Waals surface area contributed by atoms with Crippen LogP contribution in [0.3, 0.4) is 0 Å². The number of aromatic nitrogens is 2. The number of hydrogen-bond donors (Lipinski definition) is 3. The Balaban J connectivity index is 2.08. The summed E-state index contributed by atoms with van der Waals surface area (Å²) in [6.45, 7) is -2.28. The molecule has 0 aliphatic rings. The van der Waals surface area contributed by atoms with Gasteiger partial charge in [0, 0.05) is 11.9 Å². The number of halogens is 2. The van der Waals surface area contributed by atoms with E-state index in [9.17, 15) is 13.6 Å². The molecular weight excluding hydrogens is 282 g/mol. The zero-order valence-corrected chi connectivity index (χ0v) is 11.0. The zero-order chi connectivity index (χ0) is 15.5. The van der Waals surface area contributed by atoms with Crippen LogP contribution in [0.2, 0.25) is 0 Å². The monoisotopic (exact) mass is 296 g/mol. The number of nitrogens with two attached hydrogens (primary N) is 1. The minimum atomic E-state index is -3.36. The van der Waals surface area contributed by atoms with E-state index in [4.69, 9.17) is 10.8 Å². The van der Waals surface area contributed by atoms with Gasteiger partial charge in [-0.25, -0.2) is 13.5 Å². The summed E-state index contributed by atoms with van der Waals surface area (Å²) in [5.41, 5.74) is 6.82. The summed E-state index contributed by atoms with van der Waals surface area (Å²) in [6, 6.07) is 8.24. The van der Waals surface area contributed by atoms with Crippen LogP contribution in [0.4, 0.5) is 14.5 Å². The van der Waals surface area contributed by atoms with Gasteiger partial charge < -0.3 is 16.2 Å². The molecule has 0 saturated carbocycles. The average molecular weight is 296 g/mol. The van der Waals surface area contributed by atoms with Crippen LogP contribution in [0.25, 0.3) is 5.69 Å². The molecule has 0 aliphatic heterocycles. The third kappa shape index (κ3) is 3.76. The SMILES string of the molecule is Nc1cccc(-n2ccc(C(=O)NCC(F)(F)CO)n2)c1. The molecule has 1 aromatic heterocycles. The molecule has 0 atom stereocenters. The predicted octanol–water partition coefficient (Wildman–Crippen LogP) is 0.812. The maximum atomic E-state index is 12.8. The van der Waals surface area contributed by atoms with Crippen molar-refractivity contribution in [2.75, 3.05) is 18.9 Å². The second kappa shape index (κ2) is 5.88. The topological polar surface area (TPSA) is 93.2 Å². The van der Waals surface area contributed by atoms with Crippen LogP contribution >= 0.6 is 0 Å². The van der Waals surface area contributed by atoms with Crippen molar-refractivity contribution in [3.63, 3.8) is 0 Å². The van der Waals surface area contributed by atoms with E-state index in [-0.39, 0.29) is 5.69 Å². The molecule has 0 saturated heterocycles. The molecule has 6 nitrogen and oxygen atoms in total. The van der Waals surface area contributed by atoms with E-state index in [1.54, 1.807) is 24.3 Å². The van der Waals surface area contributed by atoms with Gasteiger partial charge >= 0.3 is 0 Å². The normalized spacial score (nSPS) is 11.4. The van der Waals surface area contributed by atoms with E-state index in [1.165, 1.54) is 16.9 Å². The van der Waals surface area contributed by atoms with E-state index in [1.807, 2.05) is 5.32 Å². The highest BCUT2D eigenvalue weighted by atomic mass is 19.3. The molecule has 112 valence electrons. The van der Waals surface area contributed by atoms with Crippen molar-refractivity contribution in [1.82, 2.24) is 15.1 Å². The molecule has 0 bridgehead atoms. The molecule has 0 unspecified atom stereocenters. The first kappa shape index (κ1) is 14.9. The van der Waals surface area contributed by atoms with Gasteiger partial charge in [0.2, 0.25) is 0 Å². The molecule has 2 rings (SSSR count). The van der Waals surface area contributed by atoms with Crippen molar-refractivity contribution in [1.29, 1.82) is 0 Å². The number of anilines is 1. The van der Waals surface area contributed by atoms with Gasteiger partial charge in [-0.2, -0.15) is 5.10 Å². The Kier molecular flexibility index (Phi) is 4.18. The number of benzene rings is 1. The number of carbonyl (C=O) groups is 1. The first-order valence-corrected chi connectivity index (χ1v) is 6.10. The van der Waals surface area contributed by atoms with Gasteiger partial charge in [-0.1, -0.05) is 6.07 Å². The molecule has 0 spiro atoms. The molecule has 21 heavy (non-hydrogen) atoms. The van der Waals surface area contributed by atoms with Gasteiger partial charge in [0.1, 0.15) is 6.61 Å². The smallest absolute Gasteiger partial charge is 0.287 e. The first-order chi connectivity index (χ1) is 9.91. The molecule has 1 aromatic carbocycles. The number of aliphatic hydroxyl groups is 1. The molecule has 1 heterocycles. The quantitative estimate of drug-likeness (QED) is 0.712. The highest BCUT2D eigenvalue weighted by Gasteiger charge is 2.28. The fraction of sp³-hybridized carbons (Fsp3) is 0.231. The van der Waals surface area contributed by atoms with Gasteiger partial charge in [0.15, 0.2) is 5.69 Å². The fourth-order valence-corrected chi connectivity index (χ4v) is 1.61. The van der Waals surface area contributed by atoms with E-state index >= 15 is 0 Å². The number of rotatable bonds is 5. The Hall–Kier alpha value is -2.48. The predicted molar refractivity (Wildman–Crippen MR) is 72.3 cm³/mol. The number of nitrogen functional groups attached to an aromatic ring is 1. The summed E-state index contributed by atoms with van der Waals surface area (Å²) in [5.74, 6) is -4.10. The molecular formula is C13H14F2N4O2. The van der Waals surface area contributed by atoms with Gasteiger partial charge in [-0.05, 0) is 24.3 Å². The van der Waals surface area contributed by atoms with Crippen molar-refractivity contribution >= 4 is 11.6 Å². The minimum Gasteiger partial charge on any atom is -0.399 e. The van der Waals surface area contributed by atoms with E-state index < -0.39 is 25.0 Å². The highest BCUT2D eigenvalue weighted by Crippen LogP contribution is 2.12. The Bertz CT molecular complexity index is 643. The highest BCUT2D eigenvalue weighted by molar-refractivity contribution is 5.92. The van der Waals surface area contributed by atoms with Gasteiger partial charge in [0.25, 0.3) is 11.8 Å². The van der Waals surface area contributed by atoms with Gasteiger partial charge in [0.05, 0.1) is 12.2 Å². The average Bonchev–Trinajstić information content (AvgIpc) is 2.95. The minimum absolute atomic E-state index is 0.00818. The summed E-state index contributed by atoms with van der Waals surface area (Å²) in [4.78, 5) is 11.7. The Morgan fingerprint density at radius 2 is 2.19 bits per heavy atom. The van der Waals surface area contributed by atoms with Crippen molar-refractivity contribution in [2.45, 2.75) is 5.92 Å². The van der Waals surface area contributed by atoms with E-state index in [0.717, 1.165) is 0 Å². The molecule has 2 aromatic rings. The van der Waals surface area contributed by atoms with Crippen LogP contribution < -0.4 is 11.1 Å². The summed E-state index contributed by atoms with van der Waals surface area (Å²) in [5, 5.41) is 14.4. The molecule has 0 aliphatic carbocycles. The number of amides is 1. The Labute approximate surface area is 119 Å². The molecule has 8 heteroatoms. The first-order valence-electron chi connectivity index (χ1n) is 6.10. The van der Waals surface area contributed by atoms with Crippen molar-refractivity contribution in [3.8, 4) is 5.69 Å². The lowest BCUT2D eigenvalue weighted by Crippen LogP contribution is -2.39. The third-order valence-electron chi connectivity index (χ3n) is 2.70. The van der Waals surface area contributed by atoms with Gasteiger partial charge in [-0.3, -0.25) is 4.79 Å². The molecule has 0 radical (unpaired) electrons. The standard InChI is InChI=1S/C13H14F2N4O2/c14-13(15,8-20)7-17-12(21)11-4-5-19(18-11)10-3-1-2-9(16)6-10/h1-6,20H,7-8,16H2,(H,17,21). The summed E-state index contributed by atoms with van der Waals surface area (Å²) >= 11 is 0. The van der Waals surface area contributed by atoms with E-state index in [2.05, 4.69) is 5.10 Å². The van der Waals surface area contributed by atoms with Crippen LogP contribution in [0.15, 0.2) is 36.5 Å². The summed E-state index contributed by atoms with van der Waals surface area (Å²) in [6.07, 6.45) is 1.52. The number of hydrogen-bond acceptors (Lipinski definition) is 4. The Morgan fingerprint density at radius 1 is 1.43 bits per heavy atom. The number of nitrogens with zero attached hydrogens (tertiary/aromatic N) is 2. The third-order valence-corrected chi connectivity index (χ3v) is 2.70. The van der Waals surface area contributed by atoms with Crippen LogP contribution in [0, 0.1) is 0 Å². The molecule has 1 amide bonds. The Morgan fingerprint density at radius 3 is 2.86 bits per heavy atom. The molecule has 4 N–H and O–H groups in total. The maximum absolute atomic E-state index is 12.8. The largest absolute Gasteiger partial charge is 0.399 e. The van der Waals surface area contributed by atoms with Crippen molar-refractivity contribution < 1.29 is 18.7 Å². The van der Waals surface area contributed by atoms with Crippen LogP contribution in [-0.4, -0.2) is 39.9 Å². The lowest BCUT2D eigenvalue weighted by Gasteiger charge is -2.13. The maximum Gasteiger partial charge on any atom is 0.287 e. The van der Waals surface area contributed by atoms with Crippen LogP contribution in [-0.2, 0) is 0 Å². The fourth-order valence-electron chi connectivity index (χ4n) is 1.61. The number of nitrogens with one attached hydrogen (secondary N) is 1. The summed E-state index contributed by atoms with van der Waals surface area (Å²) in [7, 11) is 0. The second-order valence-electron chi connectivity index (χ2n) is 4.44. The number of carbonyl (C=O) groups excluding carboxylic acids is 1. The van der Waals surface area contributed by atoms with Crippen LogP contribution in [0.5, 0.6) is 0 Å². The number of aliphatic hydroxyl groups excluding tert-OH is 1. The van der Waals surface area contributed by atoms with E-state index in [0.29, 0.717) is 11.4 Å². The van der Waals surface area contributed by atoms with Gasteiger partial charge in [-0.15, -0.1) is 0 Å². The number of alkyl halides is 2. The van der Waals surface area contributed by atoms with Crippen molar-refractivity contribution in [2.24, 2.45) is 0 Å². The lowest BCUT2D eigenvalue weighted by atomic mass is 10.3. The van der Waals surface area contributed by atoms with Crippen LogP contribution in [0.1, 0.15) is 10.5 Å². The van der Waals surface area contributed by atoms with Crippen molar-refractivity contribution in [3.05, 3.63) is 42.2 Å². The molecule has 0 fully saturated rings. The summed E-state index contributed by atoms with van der Waals surface area (Å²) < 4.78 is 27.1. The zero-order valence-electron chi connectivity index (χ0n) is 11.0. The second-order valence-corrected chi connectivity index (χ2v) is 4.44. The lowest BCUT2D eigenvalue weighted by molar-refractivity contribution is -0.0462.